The summed E-state index contributed by atoms with van der Waals surface area (Å²) in [6, 6.07) is 14.2. The van der Waals surface area contributed by atoms with Gasteiger partial charge in [-0.05, 0) is 43.7 Å². The van der Waals surface area contributed by atoms with Crippen molar-refractivity contribution < 1.29 is 9.59 Å². The van der Waals surface area contributed by atoms with Crippen molar-refractivity contribution in [2.45, 2.75) is 13.8 Å². The molecule has 7 heteroatoms. The molecule has 3 N–H and O–H groups in total. The van der Waals surface area contributed by atoms with E-state index in [9.17, 15) is 9.59 Å². The number of carbonyl (C=O) groups excluding carboxylic acids is 2. The monoisotopic (exact) mass is 363 g/mol. The molecule has 3 aromatic rings. The zero-order chi connectivity index (χ0) is 19.4. The first-order valence-electron chi connectivity index (χ1n) is 8.47. The highest BCUT2D eigenvalue weighted by Gasteiger charge is 2.14. The Hall–Kier alpha value is -3.61. The normalized spacial score (nSPS) is 10.3. The minimum Gasteiger partial charge on any atom is -0.322 e. The number of anilines is 3. The molecular formula is C20H21N5O2. The van der Waals surface area contributed by atoms with Crippen molar-refractivity contribution in [1.82, 2.24) is 9.78 Å². The van der Waals surface area contributed by atoms with Crippen LogP contribution in [-0.4, -0.2) is 21.7 Å². The fraction of sp³-hybridized carbons (Fsp3) is 0.150. The van der Waals surface area contributed by atoms with Gasteiger partial charge >= 0.3 is 6.03 Å². The Balaban J connectivity index is 1.71. The molecule has 0 fully saturated rings. The van der Waals surface area contributed by atoms with E-state index < -0.39 is 0 Å². The molecule has 0 atom stereocenters. The van der Waals surface area contributed by atoms with Crippen LogP contribution in [0.1, 0.15) is 21.6 Å². The van der Waals surface area contributed by atoms with Gasteiger partial charge in [0.2, 0.25) is 0 Å². The highest BCUT2D eigenvalue weighted by atomic mass is 16.2. The second-order valence-electron chi connectivity index (χ2n) is 6.20. The number of nitrogens with one attached hydrogen (secondary N) is 3. The van der Waals surface area contributed by atoms with Gasteiger partial charge in [0.1, 0.15) is 0 Å². The lowest BCUT2D eigenvalue weighted by molar-refractivity contribution is 0.102. The fourth-order valence-corrected chi connectivity index (χ4v) is 2.56. The summed E-state index contributed by atoms with van der Waals surface area (Å²) in [7, 11) is 1.78. The van der Waals surface area contributed by atoms with Crippen molar-refractivity contribution in [3.8, 4) is 0 Å². The summed E-state index contributed by atoms with van der Waals surface area (Å²) >= 11 is 0. The summed E-state index contributed by atoms with van der Waals surface area (Å²) in [6.45, 7) is 3.72. The van der Waals surface area contributed by atoms with Crippen LogP contribution in [0.4, 0.5) is 21.9 Å². The summed E-state index contributed by atoms with van der Waals surface area (Å²) in [4.78, 5) is 24.7. The Kier molecular flexibility index (Phi) is 5.21. The van der Waals surface area contributed by atoms with Crippen LogP contribution >= 0.6 is 0 Å². The van der Waals surface area contributed by atoms with Crippen LogP contribution in [0.2, 0.25) is 0 Å². The molecule has 3 rings (SSSR count). The number of aromatic nitrogens is 2. The Bertz CT molecular complexity index is 979. The van der Waals surface area contributed by atoms with E-state index in [1.807, 2.05) is 38.1 Å². The highest BCUT2D eigenvalue weighted by Crippen LogP contribution is 2.22. The van der Waals surface area contributed by atoms with E-state index in [4.69, 9.17) is 0 Å². The number of hydrogen-bond acceptors (Lipinski definition) is 3. The minimum atomic E-state index is -0.356. The minimum absolute atomic E-state index is 0.241. The average Bonchev–Trinajstić information content (AvgIpc) is 2.98. The molecule has 0 saturated carbocycles. The summed E-state index contributed by atoms with van der Waals surface area (Å²) in [5.74, 6) is -0.241. The summed E-state index contributed by atoms with van der Waals surface area (Å²) in [6.07, 6.45) is 1.54. The maximum absolute atomic E-state index is 12.5. The van der Waals surface area contributed by atoms with Crippen LogP contribution in [-0.2, 0) is 7.05 Å². The second kappa shape index (κ2) is 7.74. The molecule has 2 aromatic carbocycles. The zero-order valence-corrected chi connectivity index (χ0v) is 15.4. The maximum atomic E-state index is 12.5. The van der Waals surface area contributed by atoms with Gasteiger partial charge in [-0.1, -0.05) is 24.3 Å². The van der Waals surface area contributed by atoms with Gasteiger partial charge in [-0.3, -0.25) is 9.48 Å². The molecule has 0 aliphatic carbocycles. The number of para-hydroxylation sites is 1. The molecule has 0 saturated heterocycles. The number of urea groups is 1. The molecule has 0 spiro atoms. The van der Waals surface area contributed by atoms with Crippen LogP contribution in [0.15, 0.2) is 54.7 Å². The SMILES string of the molecule is Cc1ccc(NC(=O)Nc2ccccc2)cc1NC(=O)c1cnn(C)c1C. The van der Waals surface area contributed by atoms with Crippen LogP contribution in [0.5, 0.6) is 0 Å². The van der Waals surface area contributed by atoms with E-state index in [0.29, 0.717) is 22.6 Å². The summed E-state index contributed by atoms with van der Waals surface area (Å²) in [5.41, 5.74) is 4.08. The van der Waals surface area contributed by atoms with E-state index in [1.54, 1.807) is 36.0 Å². The van der Waals surface area contributed by atoms with Crippen molar-refractivity contribution in [3.63, 3.8) is 0 Å². The molecule has 27 heavy (non-hydrogen) atoms. The van der Waals surface area contributed by atoms with Crippen LogP contribution in [0.3, 0.4) is 0 Å². The van der Waals surface area contributed by atoms with Crippen LogP contribution < -0.4 is 16.0 Å². The summed E-state index contributed by atoms with van der Waals surface area (Å²) < 4.78 is 1.65. The first-order chi connectivity index (χ1) is 12.9. The Labute approximate surface area is 157 Å². The maximum Gasteiger partial charge on any atom is 0.323 e. The quantitative estimate of drug-likeness (QED) is 0.656. The van der Waals surface area contributed by atoms with Crippen molar-refractivity contribution in [2.75, 3.05) is 16.0 Å². The van der Waals surface area contributed by atoms with Crippen LogP contribution in [0, 0.1) is 13.8 Å². The predicted molar refractivity (Wildman–Crippen MR) is 106 cm³/mol. The van der Waals surface area contributed by atoms with Crippen molar-refractivity contribution in [3.05, 3.63) is 71.5 Å². The fourth-order valence-electron chi connectivity index (χ4n) is 2.56. The van der Waals surface area contributed by atoms with Crippen molar-refractivity contribution >= 4 is 29.0 Å². The second-order valence-corrected chi connectivity index (χ2v) is 6.20. The predicted octanol–water partition coefficient (Wildman–Crippen LogP) is 3.93. The van der Waals surface area contributed by atoms with Gasteiger partial charge in [-0.25, -0.2) is 4.79 Å². The van der Waals surface area contributed by atoms with Gasteiger partial charge in [-0.2, -0.15) is 5.10 Å². The topological polar surface area (TPSA) is 88.1 Å². The Morgan fingerprint density at radius 1 is 0.926 bits per heavy atom. The molecule has 1 heterocycles. The van der Waals surface area contributed by atoms with Crippen molar-refractivity contribution in [2.24, 2.45) is 7.05 Å². The number of rotatable bonds is 4. The third kappa shape index (κ3) is 4.33. The van der Waals surface area contributed by atoms with E-state index in [1.165, 1.54) is 6.20 Å². The molecule has 0 bridgehead atoms. The van der Waals surface area contributed by atoms with Gasteiger partial charge in [0.05, 0.1) is 11.8 Å². The molecule has 0 radical (unpaired) electrons. The average molecular weight is 363 g/mol. The number of amides is 3. The lowest BCUT2D eigenvalue weighted by Gasteiger charge is -2.12. The molecule has 3 amide bonds. The highest BCUT2D eigenvalue weighted by molar-refractivity contribution is 6.06. The van der Waals surface area contributed by atoms with E-state index in [2.05, 4.69) is 21.0 Å². The van der Waals surface area contributed by atoms with Gasteiger partial charge in [0.15, 0.2) is 0 Å². The standard InChI is InChI=1S/C20H21N5O2/c1-13-9-10-16(23-20(27)22-15-7-5-4-6-8-15)11-18(13)24-19(26)17-12-21-25(3)14(17)2/h4-12H,1-3H3,(H,24,26)(H2,22,23,27). The van der Waals surface area contributed by atoms with Crippen LogP contribution in [0.25, 0.3) is 0 Å². The van der Waals surface area contributed by atoms with E-state index >= 15 is 0 Å². The van der Waals surface area contributed by atoms with Gasteiger partial charge in [-0.15, -0.1) is 0 Å². The number of aryl methyl sites for hydroxylation is 2. The number of carbonyl (C=O) groups is 2. The smallest absolute Gasteiger partial charge is 0.322 e. The first-order valence-corrected chi connectivity index (χ1v) is 8.47. The molecule has 1 aromatic heterocycles. The molecule has 7 nitrogen and oxygen atoms in total. The molecule has 0 aliphatic heterocycles. The third-order valence-corrected chi connectivity index (χ3v) is 4.26. The lowest BCUT2D eigenvalue weighted by Crippen LogP contribution is -2.19. The number of hydrogen-bond donors (Lipinski definition) is 3. The number of nitrogens with zero attached hydrogens (tertiary/aromatic N) is 2. The Morgan fingerprint density at radius 2 is 1.63 bits per heavy atom. The summed E-state index contributed by atoms with van der Waals surface area (Å²) in [5, 5.41) is 12.5. The third-order valence-electron chi connectivity index (χ3n) is 4.26. The molecule has 138 valence electrons. The first kappa shape index (κ1) is 18.2. The van der Waals surface area contributed by atoms with Gasteiger partial charge in [0.25, 0.3) is 5.91 Å². The molecule has 0 unspecified atom stereocenters. The number of benzene rings is 2. The van der Waals surface area contributed by atoms with E-state index in [0.717, 1.165) is 11.3 Å². The zero-order valence-electron chi connectivity index (χ0n) is 15.4. The van der Waals surface area contributed by atoms with Crippen molar-refractivity contribution in [1.29, 1.82) is 0 Å². The molecule has 0 aliphatic rings. The lowest BCUT2D eigenvalue weighted by atomic mass is 10.1. The van der Waals surface area contributed by atoms with E-state index in [-0.39, 0.29) is 11.9 Å². The van der Waals surface area contributed by atoms with Gasteiger partial charge in [0, 0.05) is 29.8 Å². The van der Waals surface area contributed by atoms with Gasteiger partial charge < -0.3 is 16.0 Å². The molecular weight excluding hydrogens is 342 g/mol. The largest absolute Gasteiger partial charge is 0.323 e. The Morgan fingerprint density at radius 3 is 2.30 bits per heavy atom.